The van der Waals surface area contributed by atoms with Crippen molar-refractivity contribution in [3.63, 3.8) is 0 Å². The zero-order chi connectivity index (χ0) is 16.9. The van der Waals surface area contributed by atoms with E-state index in [1.807, 2.05) is 0 Å². The predicted octanol–water partition coefficient (Wildman–Crippen LogP) is -1.16. The molecule has 0 saturated carbocycles. The second-order valence-electron chi connectivity index (χ2n) is 3.97. The Labute approximate surface area is 121 Å². The minimum atomic E-state index is -4.96. The summed E-state index contributed by atoms with van der Waals surface area (Å²) < 4.78 is 29.1. The third kappa shape index (κ3) is 5.04. The van der Waals surface area contributed by atoms with E-state index in [9.17, 15) is 23.3 Å². The summed E-state index contributed by atoms with van der Waals surface area (Å²) in [7, 11) is -4.96. The van der Waals surface area contributed by atoms with Crippen molar-refractivity contribution in [3.8, 4) is 0 Å². The highest BCUT2D eigenvalue weighted by atomic mass is 31.2. The Bertz CT molecular complexity index is 733. The number of carboxylic acids is 1. The van der Waals surface area contributed by atoms with Crippen LogP contribution in [0.2, 0.25) is 0 Å². The quantitative estimate of drug-likeness (QED) is 0.358. The molecule has 0 amide bonds. The van der Waals surface area contributed by atoms with Gasteiger partial charge in [-0.15, -0.1) is 0 Å². The van der Waals surface area contributed by atoms with Crippen LogP contribution in [0, 0.1) is 5.82 Å². The molecule has 0 spiro atoms. The zero-order valence-electron chi connectivity index (χ0n) is 10.9. The lowest BCUT2D eigenvalue weighted by atomic mass is 10.5. The molecule has 0 saturated heterocycles. The number of rotatable bonds is 7. The number of aliphatic carboxylic acids is 1. The van der Waals surface area contributed by atoms with E-state index < -0.39 is 43.1 Å². The lowest BCUT2D eigenvalue weighted by Gasteiger charge is -2.13. The number of aromatic amines is 1. The molecule has 0 aliphatic rings. The van der Waals surface area contributed by atoms with Crippen LogP contribution < -0.4 is 11.2 Å². The van der Waals surface area contributed by atoms with Crippen molar-refractivity contribution in [2.24, 2.45) is 0 Å². The standard InChI is InChI=1S/C10H12FN2O8P/c11-6-5-13(10(17)12-7(6)14)3-1-2-4-21-9(8(15)16)22(18,19)20/h1-2,5,9H,3-4H2,(H,15,16)(H,12,14,17)(H2,18,19,20). The molecule has 0 aromatic carbocycles. The van der Waals surface area contributed by atoms with E-state index in [0.29, 0.717) is 6.20 Å². The summed E-state index contributed by atoms with van der Waals surface area (Å²) in [6, 6.07) is 0. The second-order valence-corrected chi connectivity index (χ2v) is 5.62. The van der Waals surface area contributed by atoms with Crippen LogP contribution in [0.4, 0.5) is 4.39 Å². The summed E-state index contributed by atoms with van der Waals surface area (Å²) in [5.74, 6) is -5.28. The number of aromatic nitrogens is 2. The van der Waals surface area contributed by atoms with Gasteiger partial charge in [0.15, 0.2) is 0 Å². The highest BCUT2D eigenvalue weighted by molar-refractivity contribution is 7.53. The molecule has 122 valence electrons. The van der Waals surface area contributed by atoms with Gasteiger partial charge in [-0.2, -0.15) is 4.39 Å². The van der Waals surface area contributed by atoms with Crippen LogP contribution in [0.25, 0.3) is 0 Å². The average molecular weight is 338 g/mol. The first kappa shape index (κ1) is 18.0. The molecule has 0 bridgehead atoms. The van der Waals surface area contributed by atoms with E-state index in [2.05, 4.69) is 4.74 Å². The normalized spacial score (nSPS) is 13.4. The lowest BCUT2D eigenvalue weighted by molar-refractivity contribution is -0.145. The molecular formula is C10H12FN2O8P. The number of hydrogen-bond acceptors (Lipinski definition) is 5. The largest absolute Gasteiger partial charge is 0.479 e. The molecule has 0 aliphatic heterocycles. The van der Waals surface area contributed by atoms with E-state index in [1.165, 1.54) is 12.2 Å². The van der Waals surface area contributed by atoms with Gasteiger partial charge in [-0.05, 0) is 0 Å². The van der Waals surface area contributed by atoms with Gasteiger partial charge in [-0.25, -0.2) is 9.59 Å². The first-order valence-electron chi connectivity index (χ1n) is 5.67. The number of allylic oxidation sites excluding steroid dienone is 1. The molecule has 12 heteroatoms. The van der Waals surface area contributed by atoms with Crippen LogP contribution in [0.5, 0.6) is 0 Å². The summed E-state index contributed by atoms with van der Waals surface area (Å²) in [5.41, 5.74) is -2.00. The van der Waals surface area contributed by atoms with Crippen molar-refractivity contribution in [2.75, 3.05) is 6.61 Å². The van der Waals surface area contributed by atoms with Crippen molar-refractivity contribution < 1.29 is 33.4 Å². The molecule has 10 nitrogen and oxygen atoms in total. The van der Waals surface area contributed by atoms with E-state index in [0.717, 1.165) is 4.57 Å². The number of ether oxygens (including phenoxy) is 1. The fourth-order valence-electron chi connectivity index (χ4n) is 1.33. The number of carbonyl (C=O) groups is 1. The lowest BCUT2D eigenvalue weighted by Crippen LogP contribution is -2.31. The van der Waals surface area contributed by atoms with Gasteiger partial charge in [0, 0.05) is 6.54 Å². The second kappa shape index (κ2) is 7.27. The summed E-state index contributed by atoms with van der Waals surface area (Å²) in [4.78, 5) is 51.9. The highest BCUT2D eigenvalue weighted by Crippen LogP contribution is 2.41. The molecule has 1 aromatic heterocycles. The number of H-pyrrole nitrogens is 1. The Morgan fingerprint density at radius 2 is 2.09 bits per heavy atom. The molecular weight excluding hydrogens is 326 g/mol. The van der Waals surface area contributed by atoms with Crippen LogP contribution >= 0.6 is 7.60 Å². The maximum absolute atomic E-state index is 13.0. The van der Waals surface area contributed by atoms with E-state index in [1.54, 1.807) is 4.98 Å². The number of halogens is 1. The fraction of sp³-hybridized carbons (Fsp3) is 0.300. The molecule has 1 heterocycles. The van der Waals surface area contributed by atoms with Crippen LogP contribution in [0.15, 0.2) is 27.9 Å². The number of hydrogen-bond donors (Lipinski definition) is 4. The Balaban J connectivity index is 2.63. The van der Waals surface area contributed by atoms with Gasteiger partial charge < -0.3 is 19.6 Å². The van der Waals surface area contributed by atoms with Gasteiger partial charge in [0.25, 0.3) is 11.4 Å². The fourth-order valence-corrected chi connectivity index (χ4v) is 1.90. The Hall–Kier alpha value is -2.07. The predicted molar refractivity (Wildman–Crippen MR) is 69.8 cm³/mol. The van der Waals surface area contributed by atoms with Crippen LogP contribution in [0.3, 0.4) is 0 Å². The molecule has 1 aromatic rings. The molecule has 1 rings (SSSR count). The molecule has 22 heavy (non-hydrogen) atoms. The van der Waals surface area contributed by atoms with Gasteiger partial charge in [-0.3, -0.25) is 18.9 Å². The third-order valence-electron chi connectivity index (χ3n) is 2.30. The van der Waals surface area contributed by atoms with Gasteiger partial charge in [-0.1, -0.05) is 12.2 Å². The van der Waals surface area contributed by atoms with Gasteiger partial charge in [0.05, 0.1) is 12.8 Å². The summed E-state index contributed by atoms with van der Waals surface area (Å²) in [6.45, 7) is -0.619. The topological polar surface area (TPSA) is 159 Å². The number of nitrogens with one attached hydrogen (secondary N) is 1. The zero-order valence-corrected chi connectivity index (χ0v) is 11.8. The van der Waals surface area contributed by atoms with Crippen LogP contribution in [0.1, 0.15) is 0 Å². The van der Waals surface area contributed by atoms with Gasteiger partial charge in [0.1, 0.15) is 0 Å². The molecule has 0 radical (unpaired) electrons. The van der Waals surface area contributed by atoms with Gasteiger partial charge in [0.2, 0.25) is 5.82 Å². The smallest absolute Gasteiger partial charge is 0.365 e. The highest BCUT2D eigenvalue weighted by Gasteiger charge is 2.36. The minimum Gasteiger partial charge on any atom is -0.479 e. The van der Waals surface area contributed by atoms with Crippen molar-refractivity contribution >= 4 is 13.6 Å². The van der Waals surface area contributed by atoms with Crippen molar-refractivity contribution in [3.05, 3.63) is 45.0 Å². The van der Waals surface area contributed by atoms with Crippen molar-refractivity contribution in [2.45, 2.75) is 12.4 Å². The summed E-state index contributed by atoms with van der Waals surface area (Å²) in [6.07, 6.45) is 3.13. The minimum absolute atomic E-state index is 0.163. The first-order chi connectivity index (χ1) is 10.1. The summed E-state index contributed by atoms with van der Waals surface area (Å²) in [5, 5.41) is 8.57. The van der Waals surface area contributed by atoms with E-state index in [4.69, 9.17) is 14.9 Å². The number of carboxylic acid groups (broad SMARTS) is 1. The van der Waals surface area contributed by atoms with E-state index in [-0.39, 0.29) is 6.54 Å². The molecule has 4 N–H and O–H groups in total. The maximum Gasteiger partial charge on any atom is 0.365 e. The Morgan fingerprint density at radius 3 is 2.64 bits per heavy atom. The SMILES string of the molecule is O=C(O)C(OCC=CCn1cc(F)c(=O)[nH]c1=O)P(=O)(O)O. The number of nitrogens with zero attached hydrogens (tertiary/aromatic N) is 1. The average Bonchev–Trinajstić information content (AvgIpc) is 2.37. The van der Waals surface area contributed by atoms with Gasteiger partial charge >= 0.3 is 19.3 Å². The molecule has 1 unspecified atom stereocenters. The van der Waals surface area contributed by atoms with Crippen LogP contribution in [-0.2, 0) is 20.6 Å². The monoisotopic (exact) mass is 338 g/mol. The van der Waals surface area contributed by atoms with Crippen molar-refractivity contribution in [1.29, 1.82) is 0 Å². The van der Waals surface area contributed by atoms with E-state index >= 15 is 0 Å². The third-order valence-corrected chi connectivity index (χ3v) is 3.28. The maximum atomic E-state index is 13.0. The Morgan fingerprint density at radius 1 is 1.45 bits per heavy atom. The van der Waals surface area contributed by atoms with Crippen molar-refractivity contribution in [1.82, 2.24) is 9.55 Å². The molecule has 1 atom stereocenters. The first-order valence-corrected chi connectivity index (χ1v) is 7.35. The summed E-state index contributed by atoms with van der Waals surface area (Å²) >= 11 is 0. The Kier molecular flexibility index (Phi) is 5.94. The molecule has 0 fully saturated rings. The van der Waals surface area contributed by atoms with Crippen LogP contribution in [-0.4, -0.2) is 42.9 Å². The molecule has 0 aliphatic carbocycles.